The zero-order valence-corrected chi connectivity index (χ0v) is 40.5. The Morgan fingerprint density at radius 2 is 0.483 bits per heavy atom. The van der Waals surface area contributed by atoms with E-state index in [9.17, 15) is 4.79 Å². The van der Waals surface area contributed by atoms with Gasteiger partial charge >= 0.3 is 5.97 Å². The van der Waals surface area contributed by atoms with Crippen LogP contribution in [0.2, 0.25) is 0 Å². The molecule has 0 rings (SSSR count). The lowest BCUT2D eigenvalue weighted by Gasteiger charge is -2.06. The van der Waals surface area contributed by atoms with Gasteiger partial charge in [0, 0.05) is 6.42 Å². The van der Waals surface area contributed by atoms with Crippen LogP contribution in [0.3, 0.4) is 0 Å². The topological polar surface area (TPSA) is 26.3 Å². The highest BCUT2D eigenvalue weighted by Crippen LogP contribution is 2.18. The van der Waals surface area contributed by atoms with Crippen LogP contribution in [-0.2, 0) is 9.53 Å². The van der Waals surface area contributed by atoms with Crippen LogP contribution in [0.15, 0.2) is 12.2 Å². The molecule has 0 aliphatic heterocycles. The predicted molar refractivity (Wildman–Crippen MR) is 262 cm³/mol. The molecule has 0 spiro atoms. The van der Waals surface area contributed by atoms with Crippen molar-refractivity contribution in [3.8, 4) is 0 Å². The first-order valence-corrected chi connectivity index (χ1v) is 27.6. The fraction of sp³-hybridized carbons (Fsp3) is 0.946. The van der Waals surface area contributed by atoms with Crippen molar-refractivity contribution in [2.24, 2.45) is 0 Å². The summed E-state index contributed by atoms with van der Waals surface area (Å²) < 4.78 is 5.51. The second kappa shape index (κ2) is 54.2. The highest BCUT2D eigenvalue weighted by molar-refractivity contribution is 5.69. The molecule has 0 radical (unpaired) electrons. The van der Waals surface area contributed by atoms with E-state index in [1.807, 2.05) is 0 Å². The van der Waals surface area contributed by atoms with Gasteiger partial charge in [0.2, 0.25) is 0 Å². The van der Waals surface area contributed by atoms with Gasteiger partial charge in [0.05, 0.1) is 6.61 Å². The molecule has 346 valence electrons. The lowest BCUT2D eigenvalue weighted by atomic mass is 10.0. The number of allylic oxidation sites excluding steroid dienone is 2. The van der Waals surface area contributed by atoms with E-state index >= 15 is 0 Å². The van der Waals surface area contributed by atoms with Crippen molar-refractivity contribution in [2.75, 3.05) is 6.61 Å². The van der Waals surface area contributed by atoms with Gasteiger partial charge in [-0.2, -0.15) is 0 Å². The van der Waals surface area contributed by atoms with Gasteiger partial charge in [0.25, 0.3) is 0 Å². The maximum Gasteiger partial charge on any atom is 0.305 e. The minimum absolute atomic E-state index is 0.0312. The summed E-state index contributed by atoms with van der Waals surface area (Å²) in [6.07, 6.45) is 73.8. The first-order chi connectivity index (χ1) is 28.8. The van der Waals surface area contributed by atoms with Crippen LogP contribution in [0.1, 0.15) is 335 Å². The van der Waals surface area contributed by atoms with Crippen LogP contribution in [0, 0.1) is 0 Å². The molecule has 0 aliphatic carbocycles. The third-order valence-corrected chi connectivity index (χ3v) is 12.9. The van der Waals surface area contributed by atoms with Gasteiger partial charge in [-0.15, -0.1) is 0 Å². The Hall–Kier alpha value is -0.790. The molecule has 0 amide bonds. The summed E-state index contributed by atoms with van der Waals surface area (Å²) in [5.41, 5.74) is 0. The number of unbranched alkanes of at least 4 members (excludes halogenated alkanes) is 46. The van der Waals surface area contributed by atoms with Gasteiger partial charge < -0.3 is 4.74 Å². The van der Waals surface area contributed by atoms with Crippen LogP contribution in [0.25, 0.3) is 0 Å². The molecule has 58 heavy (non-hydrogen) atoms. The van der Waals surface area contributed by atoms with Gasteiger partial charge in [-0.05, 0) is 38.5 Å². The lowest BCUT2D eigenvalue weighted by molar-refractivity contribution is -0.143. The summed E-state index contributed by atoms with van der Waals surface area (Å²) in [5.74, 6) is 0.0312. The minimum atomic E-state index is 0.0312. The predicted octanol–water partition coefficient (Wildman–Crippen LogP) is 20.6. The van der Waals surface area contributed by atoms with E-state index in [0.717, 1.165) is 12.8 Å². The second-order valence-electron chi connectivity index (χ2n) is 18.9. The Morgan fingerprint density at radius 1 is 0.276 bits per heavy atom. The molecule has 0 aromatic heterocycles. The maximum absolute atomic E-state index is 12.1. The molecule has 0 N–H and O–H groups in total. The van der Waals surface area contributed by atoms with E-state index in [1.165, 1.54) is 302 Å². The quantitative estimate of drug-likeness (QED) is 0.0347. The number of ether oxygens (including phenoxy) is 1. The zero-order chi connectivity index (χ0) is 41.8. The molecular formula is C56H110O2. The zero-order valence-electron chi connectivity index (χ0n) is 40.5. The van der Waals surface area contributed by atoms with Gasteiger partial charge in [0.1, 0.15) is 0 Å². The first kappa shape index (κ1) is 57.2. The van der Waals surface area contributed by atoms with Gasteiger partial charge in [-0.3, -0.25) is 4.79 Å². The van der Waals surface area contributed by atoms with Crippen molar-refractivity contribution in [1.29, 1.82) is 0 Å². The molecule has 0 saturated heterocycles. The Kier molecular flexibility index (Phi) is 53.5. The molecule has 0 fully saturated rings. The third kappa shape index (κ3) is 53.2. The summed E-state index contributed by atoms with van der Waals surface area (Å²) >= 11 is 0. The maximum atomic E-state index is 12.1. The SMILES string of the molecule is CCCCCCCC/C=C\CCCCCCCCCCCCCC(=O)OCCCCCCCCCCCCCCCCCCCCCCCCCCCCCCCC. The number of carbonyl (C=O) groups is 1. The first-order valence-electron chi connectivity index (χ1n) is 27.6. The average molecular weight is 815 g/mol. The number of hydrogen-bond acceptors (Lipinski definition) is 2. The monoisotopic (exact) mass is 815 g/mol. The smallest absolute Gasteiger partial charge is 0.305 e. The van der Waals surface area contributed by atoms with E-state index in [-0.39, 0.29) is 5.97 Å². The molecular weight excluding hydrogens is 705 g/mol. The summed E-state index contributed by atoms with van der Waals surface area (Å²) in [4.78, 5) is 12.1. The van der Waals surface area contributed by atoms with Crippen molar-refractivity contribution in [3.05, 3.63) is 12.2 Å². The van der Waals surface area contributed by atoms with E-state index in [1.54, 1.807) is 0 Å². The summed E-state index contributed by atoms with van der Waals surface area (Å²) in [6, 6.07) is 0. The highest BCUT2D eigenvalue weighted by Gasteiger charge is 2.03. The Morgan fingerprint density at radius 3 is 0.741 bits per heavy atom. The molecule has 0 aliphatic rings. The van der Waals surface area contributed by atoms with Crippen LogP contribution in [0.5, 0.6) is 0 Å². The molecule has 0 unspecified atom stereocenters. The van der Waals surface area contributed by atoms with Crippen LogP contribution in [0.4, 0.5) is 0 Å². The Bertz CT molecular complexity index is 758. The van der Waals surface area contributed by atoms with Crippen molar-refractivity contribution in [1.82, 2.24) is 0 Å². The van der Waals surface area contributed by atoms with Crippen molar-refractivity contribution in [2.45, 2.75) is 335 Å². The summed E-state index contributed by atoms with van der Waals surface area (Å²) in [6.45, 7) is 5.23. The fourth-order valence-electron chi connectivity index (χ4n) is 8.78. The third-order valence-electron chi connectivity index (χ3n) is 12.9. The summed E-state index contributed by atoms with van der Waals surface area (Å²) in [5, 5.41) is 0. The Balaban J connectivity index is 3.16. The lowest BCUT2D eigenvalue weighted by Crippen LogP contribution is -2.05. The molecule has 0 atom stereocenters. The van der Waals surface area contributed by atoms with Crippen LogP contribution < -0.4 is 0 Å². The van der Waals surface area contributed by atoms with Crippen LogP contribution in [-0.4, -0.2) is 12.6 Å². The van der Waals surface area contributed by atoms with Gasteiger partial charge in [0.15, 0.2) is 0 Å². The molecule has 2 heteroatoms. The van der Waals surface area contributed by atoms with Crippen molar-refractivity contribution < 1.29 is 9.53 Å². The van der Waals surface area contributed by atoms with Crippen LogP contribution >= 0.6 is 0 Å². The minimum Gasteiger partial charge on any atom is -0.466 e. The fourth-order valence-corrected chi connectivity index (χ4v) is 8.78. The number of hydrogen-bond donors (Lipinski definition) is 0. The largest absolute Gasteiger partial charge is 0.466 e. The molecule has 2 nitrogen and oxygen atoms in total. The molecule has 0 bridgehead atoms. The molecule has 0 aromatic rings. The second-order valence-corrected chi connectivity index (χ2v) is 18.9. The van der Waals surface area contributed by atoms with E-state index in [2.05, 4.69) is 26.0 Å². The highest BCUT2D eigenvalue weighted by atomic mass is 16.5. The van der Waals surface area contributed by atoms with Crippen molar-refractivity contribution >= 4 is 5.97 Å². The number of rotatable bonds is 52. The van der Waals surface area contributed by atoms with E-state index in [0.29, 0.717) is 13.0 Å². The van der Waals surface area contributed by atoms with E-state index in [4.69, 9.17) is 4.74 Å². The average Bonchev–Trinajstić information content (AvgIpc) is 3.23. The molecule has 0 heterocycles. The number of carbonyl (C=O) groups excluding carboxylic acids is 1. The Labute approximate surface area is 367 Å². The van der Waals surface area contributed by atoms with E-state index < -0.39 is 0 Å². The molecule has 0 saturated carbocycles. The van der Waals surface area contributed by atoms with Gasteiger partial charge in [-0.25, -0.2) is 0 Å². The standard InChI is InChI=1S/C56H110O2/c1-3-5-7-9-11-13-15-17-19-21-23-25-26-27-28-29-30-31-32-33-35-37-39-41-43-45-47-49-51-53-55-58-56(57)54-52-50-48-46-44-42-40-38-36-34-24-22-20-18-16-14-12-10-8-6-4-2/h18,20H,3-17,19,21-55H2,1-2H3/b20-18-. The summed E-state index contributed by atoms with van der Waals surface area (Å²) in [7, 11) is 0. The van der Waals surface area contributed by atoms with Gasteiger partial charge in [-0.1, -0.05) is 302 Å². The normalized spacial score (nSPS) is 11.7. The van der Waals surface area contributed by atoms with Crippen molar-refractivity contribution in [3.63, 3.8) is 0 Å². The molecule has 0 aromatic carbocycles. The number of esters is 1.